The summed E-state index contributed by atoms with van der Waals surface area (Å²) in [5.74, 6) is 1.41. The first-order valence-corrected chi connectivity index (χ1v) is 10.7. The summed E-state index contributed by atoms with van der Waals surface area (Å²) >= 11 is 12.1. The van der Waals surface area contributed by atoms with Gasteiger partial charge in [-0.15, -0.1) is 24.0 Å². The Balaban J connectivity index is 0.00000300. The molecule has 1 aromatic carbocycles. The molecule has 2 N–H and O–H groups in total. The van der Waals surface area contributed by atoms with Crippen LogP contribution in [-0.2, 0) is 11.3 Å². The van der Waals surface area contributed by atoms with Gasteiger partial charge in [0.15, 0.2) is 5.96 Å². The lowest BCUT2D eigenvalue weighted by atomic mass is 9.84. The second kappa shape index (κ2) is 12.2. The van der Waals surface area contributed by atoms with Gasteiger partial charge in [-0.3, -0.25) is 14.7 Å². The van der Waals surface area contributed by atoms with Gasteiger partial charge in [0, 0.05) is 68.8 Å². The fourth-order valence-electron chi connectivity index (χ4n) is 3.50. The Morgan fingerprint density at radius 2 is 1.90 bits per heavy atom. The number of piperazine rings is 1. The highest BCUT2D eigenvalue weighted by Crippen LogP contribution is 2.28. The maximum atomic E-state index is 12.3. The number of carbonyl (C=O) groups excluding carboxylic acids is 1. The standard InChI is InChI=1S/C20H29Cl2N5O.HI/c1-23-20(25-14-16-5-6-17(21)13-18(16)22)24-7-8-26-9-11-27(12-10-26)19(28)15-3-2-4-15;/h5-6,13,15H,2-4,7-12,14H2,1H3,(H2,23,24,25);1H. The minimum atomic E-state index is 0. The maximum absolute atomic E-state index is 12.3. The van der Waals surface area contributed by atoms with Crippen molar-refractivity contribution in [3.05, 3.63) is 33.8 Å². The highest BCUT2D eigenvalue weighted by molar-refractivity contribution is 14.0. The molecule has 3 rings (SSSR count). The van der Waals surface area contributed by atoms with Crippen LogP contribution in [0.5, 0.6) is 0 Å². The van der Waals surface area contributed by atoms with Crippen molar-refractivity contribution in [3.63, 3.8) is 0 Å². The van der Waals surface area contributed by atoms with Crippen molar-refractivity contribution in [1.29, 1.82) is 0 Å². The van der Waals surface area contributed by atoms with E-state index in [0.717, 1.165) is 63.6 Å². The monoisotopic (exact) mass is 553 g/mol. The quantitative estimate of drug-likeness (QED) is 0.323. The Morgan fingerprint density at radius 1 is 1.17 bits per heavy atom. The summed E-state index contributed by atoms with van der Waals surface area (Å²) in [6, 6.07) is 5.48. The van der Waals surface area contributed by atoms with Crippen molar-refractivity contribution in [2.75, 3.05) is 46.3 Å². The highest BCUT2D eigenvalue weighted by atomic mass is 127. The fraction of sp³-hybridized carbons (Fsp3) is 0.600. The number of hydrogen-bond acceptors (Lipinski definition) is 3. The van der Waals surface area contributed by atoms with Crippen LogP contribution in [0.3, 0.4) is 0 Å². The number of amides is 1. The molecular weight excluding hydrogens is 524 g/mol. The smallest absolute Gasteiger partial charge is 0.225 e. The van der Waals surface area contributed by atoms with Crippen molar-refractivity contribution in [2.24, 2.45) is 10.9 Å². The van der Waals surface area contributed by atoms with Crippen molar-refractivity contribution >= 4 is 59.0 Å². The van der Waals surface area contributed by atoms with Crippen LogP contribution in [0.15, 0.2) is 23.2 Å². The summed E-state index contributed by atoms with van der Waals surface area (Å²) < 4.78 is 0. The van der Waals surface area contributed by atoms with Crippen molar-refractivity contribution in [2.45, 2.75) is 25.8 Å². The molecule has 0 unspecified atom stereocenters. The molecule has 29 heavy (non-hydrogen) atoms. The van der Waals surface area contributed by atoms with E-state index >= 15 is 0 Å². The van der Waals surface area contributed by atoms with Crippen LogP contribution in [0, 0.1) is 5.92 Å². The summed E-state index contributed by atoms with van der Waals surface area (Å²) in [5.41, 5.74) is 0.973. The number of rotatable bonds is 6. The molecule has 6 nitrogen and oxygen atoms in total. The zero-order valence-corrected chi connectivity index (χ0v) is 20.6. The molecular formula is C20H30Cl2IN5O. The molecule has 0 radical (unpaired) electrons. The predicted molar refractivity (Wildman–Crippen MR) is 130 cm³/mol. The van der Waals surface area contributed by atoms with Gasteiger partial charge in [0.2, 0.25) is 5.91 Å². The average molecular weight is 554 g/mol. The van der Waals surface area contributed by atoms with E-state index in [9.17, 15) is 4.79 Å². The summed E-state index contributed by atoms with van der Waals surface area (Å²) in [4.78, 5) is 21.0. The first kappa shape index (κ1) is 24.5. The van der Waals surface area contributed by atoms with Gasteiger partial charge in [-0.25, -0.2) is 0 Å². The SMILES string of the molecule is CN=C(NCCN1CCN(C(=O)C2CCC2)CC1)NCc1ccc(Cl)cc1Cl.I. The number of aliphatic imine (C=N–C) groups is 1. The molecule has 1 saturated heterocycles. The second-order valence-electron chi connectivity index (χ2n) is 7.38. The van der Waals surface area contributed by atoms with Crippen LogP contribution in [0.1, 0.15) is 24.8 Å². The van der Waals surface area contributed by atoms with Crippen molar-refractivity contribution in [3.8, 4) is 0 Å². The predicted octanol–water partition coefficient (Wildman–Crippen LogP) is 3.22. The van der Waals surface area contributed by atoms with Gasteiger partial charge in [0.25, 0.3) is 0 Å². The molecule has 0 aromatic heterocycles. The normalized spacial score (nSPS) is 18.0. The first-order chi connectivity index (χ1) is 13.6. The summed E-state index contributed by atoms with van der Waals surface area (Å²) in [7, 11) is 1.75. The van der Waals surface area contributed by atoms with Crippen LogP contribution >= 0.6 is 47.2 Å². The number of benzene rings is 1. The Morgan fingerprint density at radius 3 is 2.48 bits per heavy atom. The molecule has 0 bridgehead atoms. The molecule has 1 aliphatic heterocycles. The Bertz CT molecular complexity index is 706. The van der Waals surface area contributed by atoms with E-state index in [1.54, 1.807) is 13.1 Å². The van der Waals surface area contributed by atoms with E-state index < -0.39 is 0 Å². The molecule has 9 heteroatoms. The van der Waals surface area contributed by atoms with Crippen LogP contribution < -0.4 is 10.6 Å². The van der Waals surface area contributed by atoms with Gasteiger partial charge in [-0.05, 0) is 30.5 Å². The largest absolute Gasteiger partial charge is 0.355 e. The molecule has 0 spiro atoms. The van der Waals surface area contributed by atoms with E-state index in [1.807, 2.05) is 17.0 Å². The molecule has 0 atom stereocenters. The third kappa shape index (κ3) is 7.15. The summed E-state index contributed by atoms with van der Waals surface area (Å²) in [5, 5.41) is 7.88. The fourth-order valence-corrected chi connectivity index (χ4v) is 3.98. The topological polar surface area (TPSA) is 60.0 Å². The van der Waals surface area contributed by atoms with Gasteiger partial charge in [-0.1, -0.05) is 35.7 Å². The van der Waals surface area contributed by atoms with Gasteiger partial charge < -0.3 is 15.5 Å². The number of hydrogen-bond donors (Lipinski definition) is 2. The lowest BCUT2D eigenvalue weighted by Gasteiger charge is -2.38. The molecule has 1 amide bonds. The molecule has 2 fully saturated rings. The van der Waals surface area contributed by atoms with E-state index in [-0.39, 0.29) is 24.0 Å². The lowest BCUT2D eigenvalue weighted by molar-refractivity contribution is -0.139. The van der Waals surface area contributed by atoms with Gasteiger partial charge in [0.05, 0.1) is 0 Å². The number of carbonyl (C=O) groups is 1. The van der Waals surface area contributed by atoms with Crippen LogP contribution in [-0.4, -0.2) is 68.0 Å². The van der Waals surface area contributed by atoms with E-state index in [2.05, 4.69) is 20.5 Å². The van der Waals surface area contributed by atoms with Gasteiger partial charge in [-0.2, -0.15) is 0 Å². The van der Waals surface area contributed by atoms with Crippen LogP contribution in [0.2, 0.25) is 10.0 Å². The number of guanidine groups is 1. The minimum absolute atomic E-state index is 0. The molecule has 162 valence electrons. The number of nitrogens with one attached hydrogen (secondary N) is 2. The molecule has 1 aliphatic carbocycles. The first-order valence-electron chi connectivity index (χ1n) is 9.96. The second-order valence-corrected chi connectivity index (χ2v) is 8.23. The average Bonchev–Trinajstić information content (AvgIpc) is 2.64. The summed E-state index contributed by atoms with van der Waals surface area (Å²) in [6.45, 7) is 5.87. The van der Waals surface area contributed by atoms with Gasteiger partial charge in [0.1, 0.15) is 0 Å². The molecule has 1 heterocycles. The zero-order valence-electron chi connectivity index (χ0n) is 16.8. The van der Waals surface area contributed by atoms with Crippen molar-refractivity contribution in [1.82, 2.24) is 20.4 Å². The van der Waals surface area contributed by atoms with Crippen molar-refractivity contribution < 1.29 is 4.79 Å². The van der Waals surface area contributed by atoms with Crippen LogP contribution in [0.4, 0.5) is 0 Å². The zero-order chi connectivity index (χ0) is 19.9. The van der Waals surface area contributed by atoms with Crippen LogP contribution in [0.25, 0.3) is 0 Å². The molecule has 1 saturated carbocycles. The van der Waals surface area contributed by atoms with Gasteiger partial charge >= 0.3 is 0 Å². The maximum Gasteiger partial charge on any atom is 0.225 e. The Hall–Kier alpha value is -0.770. The van der Waals surface area contributed by atoms with E-state index in [0.29, 0.717) is 28.4 Å². The highest BCUT2D eigenvalue weighted by Gasteiger charge is 2.30. The minimum Gasteiger partial charge on any atom is -0.355 e. The van der Waals surface area contributed by atoms with E-state index in [1.165, 1.54) is 6.42 Å². The number of halogens is 3. The molecule has 1 aromatic rings. The Labute approximate surface area is 200 Å². The third-order valence-electron chi connectivity index (χ3n) is 5.54. The van der Waals surface area contributed by atoms with E-state index in [4.69, 9.17) is 23.2 Å². The third-order valence-corrected chi connectivity index (χ3v) is 6.13. The Kier molecular flexibility index (Phi) is 10.3. The summed E-state index contributed by atoms with van der Waals surface area (Å²) in [6.07, 6.45) is 3.37. The lowest BCUT2D eigenvalue weighted by Crippen LogP contribution is -2.52. The number of nitrogens with zero attached hydrogens (tertiary/aromatic N) is 3. The molecule has 2 aliphatic rings.